The SMILES string of the molecule is CN(Cc1nc2c(s1)CCCC2)C(=O)CN1CCN(C)C1=O. The highest BCUT2D eigenvalue weighted by molar-refractivity contribution is 7.11. The van der Waals surface area contributed by atoms with Crippen molar-refractivity contribution in [2.24, 2.45) is 0 Å². The first kappa shape index (κ1) is 15.3. The van der Waals surface area contributed by atoms with Crippen molar-refractivity contribution in [2.75, 3.05) is 33.7 Å². The van der Waals surface area contributed by atoms with Crippen LogP contribution in [0.2, 0.25) is 0 Å². The van der Waals surface area contributed by atoms with Gasteiger partial charge >= 0.3 is 6.03 Å². The van der Waals surface area contributed by atoms with Gasteiger partial charge in [-0.3, -0.25) is 4.79 Å². The molecule has 1 aliphatic carbocycles. The minimum atomic E-state index is -0.0635. The minimum Gasteiger partial charge on any atom is -0.337 e. The Balaban J connectivity index is 1.57. The van der Waals surface area contributed by atoms with Crippen molar-refractivity contribution in [1.82, 2.24) is 19.7 Å². The fourth-order valence-corrected chi connectivity index (χ4v) is 4.11. The number of urea groups is 1. The molecular weight excluding hydrogens is 300 g/mol. The molecule has 7 heteroatoms. The Morgan fingerprint density at radius 2 is 2.09 bits per heavy atom. The Kier molecular flexibility index (Phi) is 4.33. The summed E-state index contributed by atoms with van der Waals surface area (Å²) in [5.41, 5.74) is 1.23. The first-order valence-corrected chi connectivity index (χ1v) is 8.57. The number of amides is 3. The standard InChI is InChI=1S/C15H22N4O2S/c1-17-7-8-19(15(17)21)10-14(20)18(2)9-13-16-11-5-3-4-6-12(11)22-13/h3-10H2,1-2H3. The molecule has 6 nitrogen and oxygen atoms in total. The van der Waals surface area contributed by atoms with Crippen LogP contribution in [0.3, 0.4) is 0 Å². The van der Waals surface area contributed by atoms with E-state index in [1.807, 2.05) is 0 Å². The number of rotatable bonds is 4. The van der Waals surface area contributed by atoms with Crippen molar-refractivity contribution in [2.45, 2.75) is 32.2 Å². The summed E-state index contributed by atoms with van der Waals surface area (Å²) in [6.45, 7) is 2.01. The van der Waals surface area contributed by atoms with Gasteiger partial charge in [-0.25, -0.2) is 9.78 Å². The van der Waals surface area contributed by atoms with Crippen LogP contribution in [0.4, 0.5) is 4.79 Å². The third kappa shape index (κ3) is 3.09. The predicted octanol–water partition coefficient (Wildman–Crippen LogP) is 1.35. The molecule has 1 saturated heterocycles. The van der Waals surface area contributed by atoms with Crippen molar-refractivity contribution >= 4 is 23.3 Å². The molecule has 1 aliphatic heterocycles. The van der Waals surface area contributed by atoms with Gasteiger partial charge in [-0.15, -0.1) is 11.3 Å². The van der Waals surface area contributed by atoms with Gasteiger partial charge in [0, 0.05) is 32.1 Å². The van der Waals surface area contributed by atoms with Gasteiger partial charge in [-0.05, 0) is 25.7 Å². The molecule has 0 N–H and O–H groups in total. The molecule has 1 aromatic rings. The maximum absolute atomic E-state index is 12.3. The van der Waals surface area contributed by atoms with Crippen molar-refractivity contribution in [1.29, 1.82) is 0 Å². The summed E-state index contributed by atoms with van der Waals surface area (Å²) in [4.78, 5) is 35.1. The molecule has 0 unspecified atom stereocenters. The summed E-state index contributed by atoms with van der Waals surface area (Å²) in [7, 11) is 3.55. The summed E-state index contributed by atoms with van der Waals surface area (Å²) in [5, 5.41) is 1.01. The van der Waals surface area contributed by atoms with Crippen LogP contribution < -0.4 is 0 Å². The summed E-state index contributed by atoms with van der Waals surface area (Å²) in [6.07, 6.45) is 4.65. The first-order chi connectivity index (χ1) is 10.5. The van der Waals surface area contributed by atoms with E-state index in [2.05, 4.69) is 4.98 Å². The number of carbonyl (C=O) groups is 2. The predicted molar refractivity (Wildman–Crippen MR) is 84.8 cm³/mol. The second kappa shape index (κ2) is 6.24. The lowest BCUT2D eigenvalue weighted by Crippen LogP contribution is -2.39. The minimum absolute atomic E-state index is 0.0307. The van der Waals surface area contributed by atoms with Gasteiger partial charge in [-0.2, -0.15) is 0 Å². The lowest BCUT2D eigenvalue weighted by Gasteiger charge is -2.20. The molecule has 0 spiro atoms. The molecule has 3 amide bonds. The summed E-state index contributed by atoms with van der Waals surface area (Å²) < 4.78 is 0. The molecule has 3 rings (SSSR count). The molecule has 0 saturated carbocycles. The molecule has 0 bridgehead atoms. The monoisotopic (exact) mass is 322 g/mol. The van der Waals surface area contributed by atoms with E-state index in [1.54, 1.807) is 40.1 Å². The zero-order valence-corrected chi connectivity index (χ0v) is 14.0. The zero-order valence-electron chi connectivity index (χ0n) is 13.2. The summed E-state index contributed by atoms with van der Waals surface area (Å²) in [6, 6.07) is -0.0635. The van der Waals surface area contributed by atoms with E-state index in [1.165, 1.54) is 23.4 Å². The number of hydrogen-bond donors (Lipinski definition) is 0. The number of fused-ring (bicyclic) bond motifs is 1. The average Bonchev–Trinajstić information content (AvgIpc) is 3.04. The fourth-order valence-electron chi connectivity index (χ4n) is 2.90. The smallest absolute Gasteiger partial charge is 0.320 e. The van der Waals surface area contributed by atoms with E-state index in [4.69, 9.17) is 0 Å². The summed E-state index contributed by atoms with van der Waals surface area (Å²) >= 11 is 1.73. The van der Waals surface area contributed by atoms with Crippen LogP contribution in [-0.2, 0) is 24.2 Å². The van der Waals surface area contributed by atoms with E-state index in [0.29, 0.717) is 19.6 Å². The third-order valence-electron chi connectivity index (χ3n) is 4.32. The molecule has 0 atom stereocenters. The van der Waals surface area contributed by atoms with Gasteiger partial charge < -0.3 is 14.7 Å². The van der Waals surface area contributed by atoms with Crippen LogP contribution in [0.15, 0.2) is 0 Å². The van der Waals surface area contributed by atoms with Crippen LogP contribution in [0.1, 0.15) is 28.4 Å². The largest absolute Gasteiger partial charge is 0.337 e. The number of likely N-dealkylation sites (N-methyl/N-ethyl adjacent to an activating group) is 2. The maximum Gasteiger partial charge on any atom is 0.320 e. The van der Waals surface area contributed by atoms with Crippen molar-refractivity contribution in [3.63, 3.8) is 0 Å². The van der Waals surface area contributed by atoms with E-state index in [0.717, 1.165) is 17.8 Å². The number of aromatic nitrogens is 1. The second-order valence-electron chi connectivity index (χ2n) is 6.06. The molecule has 2 heterocycles. The van der Waals surface area contributed by atoms with Crippen LogP contribution in [-0.4, -0.2) is 65.4 Å². The topological polar surface area (TPSA) is 56.8 Å². The second-order valence-corrected chi connectivity index (χ2v) is 7.23. The molecule has 120 valence electrons. The van der Waals surface area contributed by atoms with Gasteiger partial charge in [0.05, 0.1) is 12.2 Å². The number of aryl methyl sites for hydroxylation is 2. The molecule has 1 aromatic heterocycles. The Labute approximate surface area is 134 Å². The van der Waals surface area contributed by atoms with E-state index in [-0.39, 0.29) is 18.5 Å². The number of thiazole rings is 1. The number of hydrogen-bond acceptors (Lipinski definition) is 4. The Morgan fingerprint density at radius 3 is 2.77 bits per heavy atom. The lowest BCUT2D eigenvalue weighted by molar-refractivity contribution is -0.130. The lowest BCUT2D eigenvalue weighted by atomic mass is 10.0. The van der Waals surface area contributed by atoms with Crippen LogP contribution in [0.5, 0.6) is 0 Å². The van der Waals surface area contributed by atoms with E-state index < -0.39 is 0 Å². The quantitative estimate of drug-likeness (QED) is 0.841. The highest BCUT2D eigenvalue weighted by Gasteiger charge is 2.28. The van der Waals surface area contributed by atoms with Gasteiger partial charge in [0.25, 0.3) is 0 Å². The van der Waals surface area contributed by atoms with Crippen molar-refractivity contribution < 1.29 is 9.59 Å². The number of nitrogens with zero attached hydrogens (tertiary/aromatic N) is 4. The highest BCUT2D eigenvalue weighted by atomic mass is 32.1. The van der Waals surface area contributed by atoms with Crippen molar-refractivity contribution in [3.8, 4) is 0 Å². The van der Waals surface area contributed by atoms with E-state index in [9.17, 15) is 9.59 Å². The van der Waals surface area contributed by atoms with Gasteiger partial charge in [0.1, 0.15) is 11.6 Å². The average molecular weight is 322 g/mol. The molecule has 0 aromatic carbocycles. The first-order valence-electron chi connectivity index (χ1n) is 7.76. The third-order valence-corrected chi connectivity index (χ3v) is 5.46. The molecule has 2 aliphatic rings. The zero-order chi connectivity index (χ0) is 15.7. The molecular formula is C15H22N4O2S. The number of carbonyl (C=O) groups excluding carboxylic acids is 2. The van der Waals surface area contributed by atoms with Gasteiger partial charge in [-0.1, -0.05) is 0 Å². The fraction of sp³-hybridized carbons (Fsp3) is 0.667. The van der Waals surface area contributed by atoms with Gasteiger partial charge in [0.2, 0.25) is 5.91 Å². The molecule has 22 heavy (non-hydrogen) atoms. The Bertz CT molecular complexity index is 563. The molecule has 0 radical (unpaired) electrons. The van der Waals surface area contributed by atoms with Crippen LogP contribution >= 0.6 is 11.3 Å². The Hall–Kier alpha value is -1.63. The maximum atomic E-state index is 12.3. The van der Waals surface area contributed by atoms with Crippen LogP contribution in [0.25, 0.3) is 0 Å². The van der Waals surface area contributed by atoms with Crippen molar-refractivity contribution in [3.05, 3.63) is 15.6 Å². The molecule has 1 fully saturated rings. The Morgan fingerprint density at radius 1 is 1.32 bits per heavy atom. The van der Waals surface area contributed by atoms with E-state index >= 15 is 0 Å². The summed E-state index contributed by atoms with van der Waals surface area (Å²) in [5.74, 6) is -0.0307. The van der Waals surface area contributed by atoms with Crippen LogP contribution in [0, 0.1) is 0 Å². The highest BCUT2D eigenvalue weighted by Crippen LogP contribution is 2.27. The van der Waals surface area contributed by atoms with Gasteiger partial charge in [0.15, 0.2) is 0 Å². The normalized spacial score (nSPS) is 17.8.